The molecular weight excluding hydrogens is 460 g/mol. The summed E-state index contributed by atoms with van der Waals surface area (Å²) in [6.07, 6.45) is -1.64. The average molecular weight is 486 g/mol. The van der Waals surface area contributed by atoms with Crippen molar-refractivity contribution in [1.29, 1.82) is 0 Å². The van der Waals surface area contributed by atoms with Crippen molar-refractivity contribution in [1.82, 2.24) is 10.2 Å². The number of aliphatic hydroxyl groups is 4. The second-order valence-corrected chi connectivity index (χ2v) is 9.44. The number of aliphatic hydroxyl groups excluding tert-OH is 3. The molecule has 1 aromatic rings. The smallest absolute Gasteiger partial charge is 0.265 e. The number of ketones is 2. The summed E-state index contributed by atoms with van der Waals surface area (Å²) in [4.78, 5) is 52.5. The minimum atomic E-state index is -2.98. The lowest BCUT2D eigenvalue weighted by Crippen LogP contribution is -2.70. The van der Waals surface area contributed by atoms with Gasteiger partial charge in [0.1, 0.15) is 22.8 Å². The van der Waals surface area contributed by atoms with Crippen LogP contribution in [0.1, 0.15) is 30.9 Å². The number of likely N-dealkylation sites (N-methyl/N-ethyl adjacent to an activating group) is 1. The van der Waals surface area contributed by atoms with Crippen molar-refractivity contribution in [3.8, 4) is 5.75 Å². The van der Waals surface area contributed by atoms with E-state index >= 15 is 0 Å². The van der Waals surface area contributed by atoms with Crippen LogP contribution in [0, 0.1) is 11.8 Å². The van der Waals surface area contributed by atoms with Gasteiger partial charge in [-0.1, -0.05) is 19.1 Å². The van der Waals surface area contributed by atoms with E-state index in [4.69, 9.17) is 0 Å². The van der Waals surface area contributed by atoms with Crippen molar-refractivity contribution in [3.63, 3.8) is 0 Å². The lowest BCUT2D eigenvalue weighted by atomic mass is 9.54. The maximum atomic E-state index is 13.8. The zero-order valence-electron chi connectivity index (χ0n) is 19.4. The van der Waals surface area contributed by atoms with Crippen molar-refractivity contribution >= 4 is 29.1 Å². The lowest BCUT2D eigenvalue weighted by molar-refractivity contribution is -0.169. The molecule has 4 rings (SSSR count). The van der Waals surface area contributed by atoms with Gasteiger partial charge in [0.05, 0.1) is 23.6 Å². The van der Waals surface area contributed by atoms with Gasteiger partial charge in [0.15, 0.2) is 11.4 Å². The van der Waals surface area contributed by atoms with Crippen LogP contribution in [-0.2, 0) is 19.2 Å². The molecule has 1 saturated carbocycles. The molecule has 6 N–H and O–H groups in total. The molecule has 0 aromatic heterocycles. The van der Waals surface area contributed by atoms with Crippen LogP contribution in [0.4, 0.5) is 0 Å². The highest BCUT2D eigenvalue weighted by molar-refractivity contribution is 6.27. The number of phenols is 1. The second kappa shape index (κ2) is 8.01. The molecule has 0 unspecified atom stereocenters. The average Bonchev–Trinajstić information content (AvgIpc) is 2.75. The zero-order chi connectivity index (χ0) is 26.1. The van der Waals surface area contributed by atoms with Gasteiger partial charge in [-0.2, -0.15) is 0 Å². The number of rotatable bonds is 2. The predicted octanol–water partition coefficient (Wildman–Crippen LogP) is -0.327. The molecule has 0 spiro atoms. The van der Waals surface area contributed by atoms with Crippen LogP contribution in [0.15, 0.2) is 35.1 Å². The van der Waals surface area contributed by atoms with Gasteiger partial charge in [-0.3, -0.25) is 29.4 Å². The Bertz CT molecular complexity index is 1250. The molecule has 0 saturated heterocycles. The Balaban J connectivity index is 2.03. The number of Topliss-reactive ketones (excluding diaryl/α,β-unsaturated/α-hetero) is 2. The number of carbonyl (C=O) groups is 4. The van der Waals surface area contributed by atoms with E-state index in [0.717, 1.165) is 6.92 Å². The van der Waals surface area contributed by atoms with Gasteiger partial charge in [0.25, 0.3) is 5.91 Å². The Hall–Kier alpha value is -3.54. The number of aromatic hydroxyl groups is 1. The Morgan fingerprint density at radius 1 is 1.11 bits per heavy atom. The van der Waals surface area contributed by atoms with Gasteiger partial charge in [-0.25, -0.2) is 0 Å². The van der Waals surface area contributed by atoms with Crippen molar-refractivity contribution in [2.45, 2.75) is 37.5 Å². The first-order valence-electron chi connectivity index (χ1n) is 10.9. The highest BCUT2D eigenvalue weighted by Gasteiger charge is 2.68. The summed E-state index contributed by atoms with van der Waals surface area (Å²) in [5.41, 5.74) is -4.03. The fourth-order valence-electron chi connectivity index (χ4n) is 5.78. The number of fused-ring (bicyclic) bond motifs is 3. The topological polar surface area (TPSA) is 185 Å². The summed E-state index contributed by atoms with van der Waals surface area (Å²) >= 11 is 0. The summed E-state index contributed by atoms with van der Waals surface area (Å²) in [5.74, 6) is -10.1. The Morgan fingerprint density at radius 2 is 1.74 bits per heavy atom. The normalized spacial score (nSPS) is 32.3. The number of nitrogens with one attached hydrogen (secondary N) is 1. The quantitative estimate of drug-likeness (QED) is 0.303. The molecule has 11 nitrogen and oxygen atoms in total. The van der Waals surface area contributed by atoms with E-state index in [1.54, 1.807) is 13.0 Å². The predicted molar refractivity (Wildman–Crippen MR) is 120 cm³/mol. The molecule has 0 heterocycles. The van der Waals surface area contributed by atoms with E-state index < -0.39 is 81.5 Å². The minimum Gasteiger partial charge on any atom is -0.508 e. The Morgan fingerprint density at radius 3 is 2.31 bits per heavy atom. The molecule has 3 aliphatic carbocycles. The lowest BCUT2D eigenvalue weighted by Gasteiger charge is -2.53. The number of carbonyl (C=O) groups excluding carboxylic acids is 4. The molecule has 3 aliphatic rings. The van der Waals surface area contributed by atoms with E-state index in [2.05, 4.69) is 0 Å². The zero-order valence-corrected chi connectivity index (χ0v) is 19.4. The van der Waals surface area contributed by atoms with E-state index in [1.165, 1.54) is 31.1 Å². The molecular formula is C24H26N2O9. The van der Waals surface area contributed by atoms with E-state index in [0.29, 0.717) is 5.56 Å². The van der Waals surface area contributed by atoms with Crippen LogP contribution >= 0.6 is 0 Å². The monoisotopic (exact) mass is 486 g/mol. The number of phenolic OH excluding ortho intramolecular Hbond substituents is 1. The summed E-state index contributed by atoms with van der Waals surface area (Å²) < 4.78 is 0. The van der Waals surface area contributed by atoms with Gasteiger partial charge in [0, 0.05) is 18.4 Å². The van der Waals surface area contributed by atoms with Crippen LogP contribution in [0.25, 0.3) is 5.76 Å². The fraction of sp³-hybridized carbons (Fsp3) is 0.417. The number of hydrogen-bond acceptors (Lipinski definition) is 10. The van der Waals surface area contributed by atoms with Crippen molar-refractivity contribution in [3.05, 3.63) is 46.2 Å². The number of amides is 2. The first-order valence-corrected chi connectivity index (χ1v) is 10.9. The van der Waals surface area contributed by atoms with E-state index in [9.17, 15) is 44.7 Å². The third-order valence-corrected chi connectivity index (χ3v) is 7.26. The summed E-state index contributed by atoms with van der Waals surface area (Å²) in [6, 6.07) is 3.01. The third kappa shape index (κ3) is 3.15. The number of hydrogen-bond donors (Lipinski definition) is 6. The highest BCUT2D eigenvalue weighted by atomic mass is 16.4. The van der Waals surface area contributed by atoms with Gasteiger partial charge < -0.3 is 25.5 Å². The molecule has 1 fully saturated rings. The standard InChI is InChI=1S/C24H26N2O9/c1-8-10-6-5-7-11(28)13(10)18(29)14-12(8)19(30)16-17(26(3)4)20(31)15(23(34)25-9(2)27)22(33)24(16,35)21(14)32/h5-8,12,16-17,19,28-30,33,35H,1-4H3,(H,25,27,34)/t8-,12+,16+,17-,19-,24-/m0/s1. The molecule has 35 heavy (non-hydrogen) atoms. The van der Waals surface area contributed by atoms with Crippen molar-refractivity contribution < 1.29 is 44.7 Å². The summed E-state index contributed by atoms with van der Waals surface area (Å²) in [7, 11) is 2.87. The Kier molecular flexibility index (Phi) is 5.62. The molecule has 0 bridgehead atoms. The summed E-state index contributed by atoms with van der Waals surface area (Å²) in [5, 5.41) is 57.4. The molecule has 0 radical (unpaired) electrons. The fourth-order valence-corrected chi connectivity index (χ4v) is 5.78. The van der Waals surface area contributed by atoms with E-state index in [1.807, 2.05) is 5.32 Å². The molecule has 0 aliphatic heterocycles. The third-order valence-electron chi connectivity index (χ3n) is 7.26. The largest absolute Gasteiger partial charge is 0.508 e. The van der Waals surface area contributed by atoms with Crippen LogP contribution in [0.3, 0.4) is 0 Å². The highest BCUT2D eigenvalue weighted by Crippen LogP contribution is 2.55. The molecule has 11 heteroatoms. The molecule has 2 amide bonds. The first-order chi connectivity index (χ1) is 16.3. The van der Waals surface area contributed by atoms with Gasteiger partial charge in [-0.05, 0) is 31.6 Å². The van der Waals surface area contributed by atoms with Crippen LogP contribution in [0.5, 0.6) is 5.75 Å². The van der Waals surface area contributed by atoms with Crippen LogP contribution in [-0.4, -0.2) is 85.7 Å². The Labute approximate surface area is 200 Å². The molecule has 186 valence electrons. The maximum absolute atomic E-state index is 13.8. The number of nitrogens with zero attached hydrogens (tertiary/aromatic N) is 1. The maximum Gasteiger partial charge on any atom is 0.265 e. The van der Waals surface area contributed by atoms with Crippen LogP contribution < -0.4 is 5.32 Å². The molecule has 1 aromatic carbocycles. The van der Waals surface area contributed by atoms with Crippen molar-refractivity contribution in [2.24, 2.45) is 11.8 Å². The van der Waals surface area contributed by atoms with Gasteiger partial charge in [0.2, 0.25) is 11.7 Å². The number of imide groups is 1. The van der Waals surface area contributed by atoms with Crippen LogP contribution in [0.2, 0.25) is 0 Å². The minimum absolute atomic E-state index is 0.0529. The second-order valence-electron chi connectivity index (χ2n) is 9.44. The van der Waals surface area contributed by atoms with Crippen molar-refractivity contribution in [2.75, 3.05) is 14.1 Å². The molecule has 6 atom stereocenters. The summed E-state index contributed by atoms with van der Waals surface area (Å²) in [6.45, 7) is 2.66. The van der Waals surface area contributed by atoms with E-state index in [-0.39, 0.29) is 11.3 Å². The number of benzene rings is 1. The van der Waals surface area contributed by atoms with Gasteiger partial charge >= 0.3 is 0 Å². The van der Waals surface area contributed by atoms with Gasteiger partial charge in [-0.15, -0.1) is 0 Å². The SMILES string of the molecule is CC(=O)NC(=O)C1=C(O)[C@@]2(O)C(=O)C3=C(O)c4c(O)cccc4[C@H](C)[C@H]3[C@H](O)[C@H]2[C@H](N(C)C)C1=O. The first kappa shape index (κ1) is 24.6.